The summed E-state index contributed by atoms with van der Waals surface area (Å²) in [4.78, 5) is 2.94. The van der Waals surface area contributed by atoms with Crippen molar-refractivity contribution in [2.75, 3.05) is 0 Å². The van der Waals surface area contributed by atoms with Gasteiger partial charge in [0.1, 0.15) is 0 Å². The first kappa shape index (κ1) is 11.5. The van der Waals surface area contributed by atoms with Crippen LogP contribution in [-0.2, 0) is 0 Å². The van der Waals surface area contributed by atoms with Gasteiger partial charge in [0.25, 0.3) is 0 Å². The Morgan fingerprint density at radius 3 is 2.64 bits per heavy atom. The minimum atomic E-state index is 0.643. The number of rotatable bonds is 3. The first-order valence-corrected chi connectivity index (χ1v) is 6.13. The summed E-state index contributed by atoms with van der Waals surface area (Å²) < 4.78 is 0. The van der Waals surface area contributed by atoms with Gasteiger partial charge in [-0.2, -0.15) is 0 Å². The predicted octanol–water partition coefficient (Wildman–Crippen LogP) is 4.99. The van der Waals surface area contributed by atoms with E-state index >= 15 is 0 Å². The molecule has 0 bridgehead atoms. The topological polar surface area (TPSA) is 0 Å². The number of thiophene rings is 1. The van der Waals surface area contributed by atoms with E-state index in [4.69, 9.17) is 0 Å². The molecule has 0 aromatic carbocycles. The lowest BCUT2D eigenvalue weighted by Gasteiger charge is -2.03. The smallest absolute Gasteiger partial charge is 0.0146 e. The van der Waals surface area contributed by atoms with Gasteiger partial charge in [-0.15, -0.1) is 11.3 Å². The zero-order valence-electron chi connectivity index (χ0n) is 9.85. The minimum Gasteiger partial charge on any atom is -0.145 e. The maximum absolute atomic E-state index is 2.33. The molecule has 0 nitrogen and oxygen atoms in total. The van der Waals surface area contributed by atoms with E-state index in [1.54, 1.807) is 0 Å². The lowest BCUT2D eigenvalue weighted by atomic mass is 10.1. The van der Waals surface area contributed by atoms with E-state index in [0.717, 1.165) is 6.42 Å². The summed E-state index contributed by atoms with van der Waals surface area (Å²) in [5.41, 5.74) is 2.89. The van der Waals surface area contributed by atoms with E-state index in [1.165, 1.54) is 20.9 Å². The molecule has 14 heavy (non-hydrogen) atoms. The maximum atomic E-state index is 2.33. The normalized spacial score (nSPS) is 12.6. The molecule has 1 heterocycles. The van der Waals surface area contributed by atoms with Crippen molar-refractivity contribution >= 4 is 17.4 Å². The summed E-state index contributed by atoms with van der Waals surface area (Å²) >= 11 is 1.93. The second kappa shape index (κ2) is 4.79. The fourth-order valence-corrected chi connectivity index (χ4v) is 2.49. The van der Waals surface area contributed by atoms with Gasteiger partial charge in [0.2, 0.25) is 0 Å². The summed E-state index contributed by atoms with van der Waals surface area (Å²) in [5.74, 6) is 0.643. The van der Waals surface area contributed by atoms with Crippen molar-refractivity contribution in [3.63, 3.8) is 0 Å². The van der Waals surface area contributed by atoms with Gasteiger partial charge in [-0.05, 0) is 37.8 Å². The third-order valence-electron chi connectivity index (χ3n) is 2.40. The van der Waals surface area contributed by atoms with Gasteiger partial charge in [0.15, 0.2) is 0 Å². The van der Waals surface area contributed by atoms with Crippen LogP contribution >= 0.6 is 11.3 Å². The van der Waals surface area contributed by atoms with Crippen LogP contribution in [0.2, 0.25) is 0 Å². The molecule has 0 aliphatic heterocycles. The largest absolute Gasteiger partial charge is 0.145 e. The van der Waals surface area contributed by atoms with Gasteiger partial charge < -0.3 is 0 Å². The Kier molecular flexibility index (Phi) is 3.94. The zero-order chi connectivity index (χ0) is 10.7. The third kappa shape index (κ3) is 2.71. The quantitative estimate of drug-likeness (QED) is 0.656. The Morgan fingerprint density at radius 2 is 2.14 bits per heavy atom. The van der Waals surface area contributed by atoms with E-state index in [1.807, 2.05) is 11.3 Å². The molecule has 0 aliphatic rings. The van der Waals surface area contributed by atoms with Crippen molar-refractivity contribution in [2.45, 2.75) is 47.0 Å². The molecule has 0 aliphatic carbocycles. The van der Waals surface area contributed by atoms with Gasteiger partial charge in [-0.3, -0.25) is 0 Å². The lowest BCUT2D eigenvalue weighted by molar-refractivity contribution is 0.887. The summed E-state index contributed by atoms with van der Waals surface area (Å²) in [5, 5.41) is 0. The van der Waals surface area contributed by atoms with Gasteiger partial charge >= 0.3 is 0 Å². The molecule has 0 atom stereocenters. The summed E-state index contributed by atoms with van der Waals surface area (Å²) in [7, 11) is 0. The van der Waals surface area contributed by atoms with Crippen molar-refractivity contribution in [2.24, 2.45) is 0 Å². The fourth-order valence-electron chi connectivity index (χ4n) is 1.48. The Bertz CT molecular complexity index is 329. The molecular weight excluding hydrogens is 188 g/mol. The third-order valence-corrected chi connectivity index (χ3v) is 3.77. The van der Waals surface area contributed by atoms with Crippen LogP contribution in [0.1, 0.15) is 55.4 Å². The molecular formula is C13H20S. The average molecular weight is 208 g/mol. The van der Waals surface area contributed by atoms with Crippen molar-refractivity contribution in [1.82, 2.24) is 0 Å². The number of aryl methyl sites for hydroxylation is 1. The zero-order valence-corrected chi connectivity index (χ0v) is 10.7. The molecule has 0 spiro atoms. The predicted molar refractivity (Wildman–Crippen MR) is 67.1 cm³/mol. The van der Waals surface area contributed by atoms with Crippen LogP contribution in [0.3, 0.4) is 0 Å². The summed E-state index contributed by atoms with van der Waals surface area (Å²) in [6, 6.07) is 2.30. The minimum absolute atomic E-state index is 0.643. The van der Waals surface area contributed by atoms with Crippen molar-refractivity contribution in [3.05, 3.63) is 27.0 Å². The van der Waals surface area contributed by atoms with Crippen LogP contribution in [0.25, 0.3) is 6.08 Å². The number of hydrogen-bond donors (Lipinski definition) is 0. The fraction of sp³-hybridized carbons (Fsp3) is 0.538. The highest BCUT2D eigenvalue weighted by atomic mass is 32.1. The second-order valence-electron chi connectivity index (χ2n) is 4.18. The highest BCUT2D eigenvalue weighted by Gasteiger charge is 2.08. The molecule has 1 rings (SSSR count). The molecule has 0 fully saturated rings. The standard InChI is InChI=1S/C13H20S/c1-6-10(4)7-12-8-11(5)14-13(12)9(2)3/h7-9H,6H2,1-5H3/b10-7+. The summed E-state index contributed by atoms with van der Waals surface area (Å²) in [6.07, 6.45) is 3.48. The highest BCUT2D eigenvalue weighted by molar-refractivity contribution is 7.12. The molecule has 0 radical (unpaired) electrons. The van der Waals surface area contributed by atoms with Gasteiger partial charge in [-0.1, -0.05) is 32.4 Å². The van der Waals surface area contributed by atoms with Gasteiger partial charge in [0, 0.05) is 9.75 Å². The molecule has 78 valence electrons. The van der Waals surface area contributed by atoms with Crippen LogP contribution in [0.4, 0.5) is 0 Å². The van der Waals surface area contributed by atoms with E-state index in [9.17, 15) is 0 Å². The second-order valence-corrected chi connectivity index (χ2v) is 5.46. The first-order valence-electron chi connectivity index (χ1n) is 5.32. The molecule has 1 aromatic rings. The molecule has 0 unspecified atom stereocenters. The molecule has 0 N–H and O–H groups in total. The van der Waals surface area contributed by atoms with Gasteiger partial charge in [0.05, 0.1) is 0 Å². The highest BCUT2D eigenvalue weighted by Crippen LogP contribution is 2.30. The number of hydrogen-bond acceptors (Lipinski definition) is 1. The van der Waals surface area contributed by atoms with Crippen molar-refractivity contribution < 1.29 is 0 Å². The Hall–Kier alpha value is -0.560. The Balaban J connectivity index is 3.07. The van der Waals surface area contributed by atoms with Crippen LogP contribution in [0.15, 0.2) is 11.6 Å². The van der Waals surface area contributed by atoms with E-state index in [0.29, 0.717) is 5.92 Å². The van der Waals surface area contributed by atoms with Gasteiger partial charge in [-0.25, -0.2) is 0 Å². The van der Waals surface area contributed by atoms with Crippen LogP contribution in [-0.4, -0.2) is 0 Å². The molecule has 0 amide bonds. The van der Waals surface area contributed by atoms with Crippen LogP contribution < -0.4 is 0 Å². The molecule has 1 aromatic heterocycles. The average Bonchev–Trinajstić information content (AvgIpc) is 2.46. The maximum Gasteiger partial charge on any atom is 0.0146 e. The van der Waals surface area contributed by atoms with Crippen LogP contribution in [0, 0.1) is 6.92 Å². The van der Waals surface area contributed by atoms with E-state index in [-0.39, 0.29) is 0 Å². The Labute approximate surface area is 91.7 Å². The van der Waals surface area contributed by atoms with Crippen molar-refractivity contribution in [3.8, 4) is 0 Å². The monoisotopic (exact) mass is 208 g/mol. The summed E-state index contributed by atoms with van der Waals surface area (Å²) in [6.45, 7) is 11.1. The van der Waals surface area contributed by atoms with E-state index in [2.05, 4.69) is 46.8 Å². The molecule has 0 saturated heterocycles. The SMILES string of the molecule is CC/C(C)=C/c1cc(C)sc1C(C)C. The lowest BCUT2D eigenvalue weighted by Crippen LogP contribution is -1.85. The van der Waals surface area contributed by atoms with E-state index < -0.39 is 0 Å². The first-order chi connectivity index (χ1) is 6.54. The van der Waals surface area contributed by atoms with Crippen molar-refractivity contribution in [1.29, 1.82) is 0 Å². The molecule has 1 heteroatoms. The van der Waals surface area contributed by atoms with Crippen LogP contribution in [0.5, 0.6) is 0 Å². The molecule has 0 saturated carbocycles. The Morgan fingerprint density at radius 1 is 1.50 bits per heavy atom. The number of allylic oxidation sites excluding steroid dienone is 1.